The van der Waals surface area contributed by atoms with Crippen LogP contribution in [-0.4, -0.2) is 37.1 Å². The van der Waals surface area contributed by atoms with Crippen molar-refractivity contribution in [3.05, 3.63) is 80.3 Å². The molecule has 0 spiro atoms. The predicted octanol–water partition coefficient (Wildman–Crippen LogP) is 5.81. The van der Waals surface area contributed by atoms with Crippen LogP contribution >= 0.6 is 46.4 Å². The zero-order valence-corrected chi connectivity index (χ0v) is 22.7. The highest BCUT2D eigenvalue weighted by Gasteiger charge is 2.16. The Morgan fingerprint density at radius 1 is 0.842 bits per heavy atom. The van der Waals surface area contributed by atoms with Crippen LogP contribution in [0.5, 0.6) is 11.5 Å². The number of ether oxygens (including phenoxy) is 2. The third-order valence-corrected chi connectivity index (χ3v) is 5.98. The van der Waals surface area contributed by atoms with E-state index in [1.54, 1.807) is 49.4 Å². The molecule has 3 aromatic carbocycles. The van der Waals surface area contributed by atoms with E-state index in [9.17, 15) is 14.4 Å². The highest BCUT2D eigenvalue weighted by Crippen LogP contribution is 2.30. The summed E-state index contributed by atoms with van der Waals surface area (Å²) in [6.45, 7) is 1.80. The Morgan fingerprint density at radius 2 is 1.63 bits per heavy atom. The van der Waals surface area contributed by atoms with Crippen molar-refractivity contribution in [3.63, 3.8) is 0 Å². The first-order chi connectivity index (χ1) is 18.2. The fourth-order valence-electron chi connectivity index (χ4n) is 2.91. The van der Waals surface area contributed by atoms with Gasteiger partial charge in [-0.15, -0.1) is 0 Å². The maximum atomic E-state index is 12.3. The molecular weight excluding hydrogens is 578 g/mol. The summed E-state index contributed by atoms with van der Waals surface area (Å²) in [7, 11) is 0. The number of hydrogen-bond donors (Lipinski definition) is 3. The molecule has 0 aliphatic rings. The van der Waals surface area contributed by atoms with Gasteiger partial charge in [0, 0.05) is 5.02 Å². The van der Waals surface area contributed by atoms with Gasteiger partial charge in [-0.25, -0.2) is 5.43 Å². The van der Waals surface area contributed by atoms with E-state index >= 15 is 0 Å². The SMILES string of the molecule is CCOc1cc(/C=N\NC(=O)C(=O)Nc2cccc(Cl)c2Cl)ccc1OCC(=O)Nc1ccc(Cl)cc1Cl. The summed E-state index contributed by atoms with van der Waals surface area (Å²) in [5.74, 6) is -1.80. The molecule has 0 bridgehead atoms. The summed E-state index contributed by atoms with van der Waals surface area (Å²) in [6.07, 6.45) is 1.30. The molecule has 0 aliphatic heterocycles. The van der Waals surface area contributed by atoms with Gasteiger partial charge in [0.15, 0.2) is 18.1 Å². The average molecular weight is 598 g/mol. The van der Waals surface area contributed by atoms with E-state index in [-0.39, 0.29) is 22.3 Å². The minimum atomic E-state index is -1.02. The Labute approximate surface area is 238 Å². The second kappa shape index (κ2) is 13.9. The molecule has 3 N–H and O–H groups in total. The summed E-state index contributed by atoms with van der Waals surface area (Å²) >= 11 is 23.8. The second-order valence-corrected chi connectivity index (χ2v) is 8.98. The molecule has 0 saturated heterocycles. The number of hydrogen-bond acceptors (Lipinski definition) is 6. The molecule has 0 saturated carbocycles. The van der Waals surface area contributed by atoms with Gasteiger partial charge < -0.3 is 20.1 Å². The fraction of sp³-hybridized carbons (Fsp3) is 0.120. The molecule has 0 atom stereocenters. The number of nitrogens with zero attached hydrogens (tertiary/aromatic N) is 1. The lowest BCUT2D eigenvalue weighted by Crippen LogP contribution is -2.32. The van der Waals surface area contributed by atoms with Crippen LogP contribution < -0.4 is 25.5 Å². The van der Waals surface area contributed by atoms with Crippen molar-refractivity contribution in [1.29, 1.82) is 0 Å². The number of benzene rings is 3. The van der Waals surface area contributed by atoms with Gasteiger partial charge in [0.1, 0.15) is 0 Å². The van der Waals surface area contributed by atoms with Crippen LogP contribution in [0.2, 0.25) is 20.1 Å². The molecule has 0 aromatic heterocycles. The van der Waals surface area contributed by atoms with Crippen molar-refractivity contribution in [1.82, 2.24) is 5.43 Å². The first kappa shape index (κ1) is 29.1. The average Bonchev–Trinajstić information content (AvgIpc) is 2.88. The van der Waals surface area contributed by atoms with E-state index in [1.807, 2.05) is 0 Å². The lowest BCUT2D eigenvalue weighted by atomic mass is 10.2. The van der Waals surface area contributed by atoms with Crippen molar-refractivity contribution in [3.8, 4) is 11.5 Å². The first-order valence-corrected chi connectivity index (χ1v) is 12.4. The Morgan fingerprint density at radius 3 is 2.37 bits per heavy atom. The van der Waals surface area contributed by atoms with Crippen LogP contribution in [0.15, 0.2) is 59.7 Å². The largest absolute Gasteiger partial charge is 0.490 e. The van der Waals surface area contributed by atoms with Gasteiger partial charge >= 0.3 is 11.8 Å². The number of hydrazone groups is 1. The van der Waals surface area contributed by atoms with Crippen LogP contribution in [0, 0.1) is 0 Å². The summed E-state index contributed by atoms with van der Waals surface area (Å²) in [4.78, 5) is 36.5. The molecular formula is C25H20Cl4N4O5. The monoisotopic (exact) mass is 596 g/mol. The van der Waals surface area contributed by atoms with Gasteiger partial charge in [0.2, 0.25) is 0 Å². The Bertz CT molecular complexity index is 1380. The number of anilines is 2. The van der Waals surface area contributed by atoms with Gasteiger partial charge in [-0.3, -0.25) is 14.4 Å². The van der Waals surface area contributed by atoms with Crippen molar-refractivity contribution in [2.75, 3.05) is 23.8 Å². The minimum absolute atomic E-state index is 0.107. The molecule has 38 heavy (non-hydrogen) atoms. The van der Waals surface area contributed by atoms with E-state index in [0.29, 0.717) is 39.4 Å². The molecule has 13 heteroatoms. The van der Waals surface area contributed by atoms with Crippen LogP contribution in [-0.2, 0) is 14.4 Å². The number of amides is 3. The highest BCUT2D eigenvalue weighted by atomic mass is 35.5. The molecule has 0 heterocycles. The Kier molecular flexibility index (Phi) is 10.6. The molecule has 3 aromatic rings. The Balaban J connectivity index is 1.58. The number of rotatable bonds is 9. The number of carbonyl (C=O) groups excluding carboxylic acids is 3. The fourth-order valence-corrected chi connectivity index (χ4v) is 3.71. The second-order valence-electron chi connectivity index (χ2n) is 7.35. The van der Waals surface area contributed by atoms with Crippen molar-refractivity contribution in [2.45, 2.75) is 6.92 Å². The van der Waals surface area contributed by atoms with Crippen LogP contribution in [0.1, 0.15) is 12.5 Å². The van der Waals surface area contributed by atoms with E-state index in [1.165, 1.54) is 18.3 Å². The highest BCUT2D eigenvalue weighted by molar-refractivity contribution is 6.45. The maximum Gasteiger partial charge on any atom is 0.329 e. The van der Waals surface area contributed by atoms with Gasteiger partial charge in [-0.2, -0.15) is 5.10 Å². The predicted molar refractivity (Wildman–Crippen MR) is 149 cm³/mol. The summed E-state index contributed by atoms with van der Waals surface area (Å²) in [6, 6.07) is 14.1. The van der Waals surface area contributed by atoms with E-state index in [4.69, 9.17) is 55.9 Å². The summed E-state index contributed by atoms with van der Waals surface area (Å²) < 4.78 is 11.2. The molecule has 0 radical (unpaired) electrons. The third kappa shape index (κ3) is 8.26. The lowest BCUT2D eigenvalue weighted by Gasteiger charge is -2.13. The Hall–Kier alpha value is -3.50. The van der Waals surface area contributed by atoms with Crippen LogP contribution in [0.4, 0.5) is 11.4 Å². The molecule has 9 nitrogen and oxygen atoms in total. The van der Waals surface area contributed by atoms with Gasteiger partial charge in [-0.05, 0) is 61.0 Å². The molecule has 0 unspecified atom stereocenters. The minimum Gasteiger partial charge on any atom is -0.490 e. The molecule has 0 fully saturated rings. The topological polar surface area (TPSA) is 118 Å². The van der Waals surface area contributed by atoms with E-state index in [2.05, 4.69) is 21.2 Å². The standard InChI is InChI=1S/C25H20Cl4N4O5/c1-2-37-21-10-14(12-30-33-25(36)24(35)32-19-5-3-4-16(27)23(19)29)6-9-20(21)38-13-22(34)31-18-8-7-15(26)11-17(18)28/h3-12H,2,13H2,1H3,(H,31,34)(H,32,35)(H,33,36)/b30-12-. The summed E-state index contributed by atoms with van der Waals surface area (Å²) in [5.41, 5.74) is 3.23. The van der Waals surface area contributed by atoms with Gasteiger partial charge in [-0.1, -0.05) is 52.5 Å². The number of carbonyl (C=O) groups is 3. The quantitative estimate of drug-likeness (QED) is 0.163. The van der Waals surface area contributed by atoms with E-state index < -0.39 is 17.7 Å². The van der Waals surface area contributed by atoms with Gasteiger partial charge in [0.05, 0.1) is 39.3 Å². The molecule has 3 amide bonds. The van der Waals surface area contributed by atoms with Crippen LogP contribution in [0.25, 0.3) is 0 Å². The van der Waals surface area contributed by atoms with Gasteiger partial charge in [0.25, 0.3) is 5.91 Å². The number of nitrogens with one attached hydrogen (secondary N) is 3. The normalized spacial score (nSPS) is 10.7. The van der Waals surface area contributed by atoms with Crippen LogP contribution in [0.3, 0.4) is 0 Å². The zero-order valence-electron chi connectivity index (χ0n) is 19.7. The third-order valence-electron chi connectivity index (χ3n) is 4.62. The van der Waals surface area contributed by atoms with Crippen molar-refractivity contribution < 1.29 is 23.9 Å². The molecule has 198 valence electrons. The zero-order chi connectivity index (χ0) is 27.7. The maximum absolute atomic E-state index is 12.3. The van der Waals surface area contributed by atoms with Crippen molar-refractivity contribution >= 4 is 81.7 Å². The molecule has 3 rings (SSSR count). The lowest BCUT2D eigenvalue weighted by molar-refractivity contribution is -0.136. The molecule has 0 aliphatic carbocycles. The smallest absolute Gasteiger partial charge is 0.329 e. The first-order valence-electron chi connectivity index (χ1n) is 10.9. The number of halogens is 4. The summed E-state index contributed by atoms with van der Waals surface area (Å²) in [5, 5.41) is 9.85. The van der Waals surface area contributed by atoms with Crippen molar-refractivity contribution in [2.24, 2.45) is 5.10 Å². The van der Waals surface area contributed by atoms with E-state index in [0.717, 1.165) is 0 Å².